The molecule has 0 amide bonds. The smallest absolute Gasteiger partial charge is 0.302 e. The molecule has 3 aromatic heterocycles. The van der Waals surface area contributed by atoms with Gasteiger partial charge in [0.1, 0.15) is 24.3 Å². The van der Waals surface area contributed by atoms with E-state index in [-0.39, 0.29) is 12.0 Å². The Morgan fingerprint density at radius 3 is 2.83 bits per heavy atom. The van der Waals surface area contributed by atoms with Gasteiger partial charge in [-0.05, 0) is 31.2 Å². The Morgan fingerprint density at radius 2 is 2.03 bits per heavy atom. The second kappa shape index (κ2) is 10.1. The molecule has 0 spiro atoms. The summed E-state index contributed by atoms with van der Waals surface area (Å²) in [7, 11) is 0. The third-order valence-corrected chi connectivity index (χ3v) is 6.65. The van der Waals surface area contributed by atoms with Crippen molar-refractivity contribution in [2.45, 2.75) is 19.9 Å². The molecule has 9 nitrogen and oxygen atoms in total. The first-order valence-corrected chi connectivity index (χ1v) is 12.1. The molecule has 4 heterocycles. The van der Waals surface area contributed by atoms with Crippen molar-refractivity contribution in [3.05, 3.63) is 59.5 Å². The number of carbonyl (C=O) groups excluding carboxylic acids is 1. The van der Waals surface area contributed by atoms with Crippen LogP contribution in [0.5, 0.6) is 0 Å². The zero-order valence-corrected chi connectivity index (χ0v) is 20.6. The highest BCUT2D eigenvalue weighted by Gasteiger charge is 2.24. The Morgan fingerprint density at radius 1 is 1.20 bits per heavy atom. The molecule has 182 valence electrons. The number of rotatable bonds is 7. The van der Waals surface area contributed by atoms with E-state index in [1.54, 1.807) is 10.8 Å². The van der Waals surface area contributed by atoms with E-state index < -0.39 is 0 Å². The standard InChI is InChI=1S/C25H28ClN7O2/c1-17(29-24-22-7-4-8-33(22)28-16-27-24)20-15-19-5-3-6-21(26)23(19)30-25(20)32-11-9-31(10-12-32)13-14-35-18(2)34/h3-8,15-17H,9-14H2,1-2H3,(H,27,28,29)/t17-/m0/s1. The van der Waals surface area contributed by atoms with Gasteiger partial charge in [-0.3, -0.25) is 9.69 Å². The first-order valence-electron chi connectivity index (χ1n) is 11.7. The molecular formula is C25H28ClN7O2. The number of halogens is 1. The topological polar surface area (TPSA) is 87.9 Å². The fraction of sp³-hybridized carbons (Fsp3) is 0.360. The van der Waals surface area contributed by atoms with E-state index in [0.717, 1.165) is 66.3 Å². The molecular weight excluding hydrogens is 466 g/mol. The van der Waals surface area contributed by atoms with Crippen LogP contribution in [0.1, 0.15) is 25.5 Å². The summed E-state index contributed by atoms with van der Waals surface area (Å²) >= 11 is 6.52. The molecule has 1 aromatic carbocycles. The maximum absolute atomic E-state index is 11.1. The van der Waals surface area contributed by atoms with Crippen molar-refractivity contribution in [2.75, 3.05) is 49.5 Å². The predicted molar refractivity (Wildman–Crippen MR) is 137 cm³/mol. The van der Waals surface area contributed by atoms with Gasteiger partial charge in [0, 0.05) is 56.8 Å². The lowest BCUT2D eigenvalue weighted by atomic mass is 10.0. The highest BCUT2D eigenvalue weighted by molar-refractivity contribution is 6.35. The van der Waals surface area contributed by atoms with Crippen LogP contribution in [0, 0.1) is 0 Å². The molecule has 1 fully saturated rings. The van der Waals surface area contributed by atoms with Gasteiger partial charge in [0.25, 0.3) is 0 Å². The van der Waals surface area contributed by atoms with Gasteiger partial charge in [-0.1, -0.05) is 23.7 Å². The number of carbonyl (C=O) groups is 1. The van der Waals surface area contributed by atoms with E-state index in [0.29, 0.717) is 11.6 Å². The number of benzene rings is 1. The second-order valence-electron chi connectivity index (χ2n) is 8.69. The van der Waals surface area contributed by atoms with Crippen molar-refractivity contribution in [1.82, 2.24) is 24.5 Å². The maximum atomic E-state index is 11.1. The van der Waals surface area contributed by atoms with Crippen LogP contribution in [0.25, 0.3) is 16.4 Å². The van der Waals surface area contributed by atoms with Crippen LogP contribution in [0.3, 0.4) is 0 Å². The molecule has 0 bridgehead atoms. The largest absolute Gasteiger partial charge is 0.465 e. The van der Waals surface area contributed by atoms with Crippen LogP contribution in [0.15, 0.2) is 48.9 Å². The minimum atomic E-state index is -0.242. The molecule has 1 saturated heterocycles. The normalized spacial score (nSPS) is 15.5. The molecule has 0 saturated carbocycles. The number of nitrogens with zero attached hydrogens (tertiary/aromatic N) is 6. The Balaban J connectivity index is 1.42. The summed E-state index contributed by atoms with van der Waals surface area (Å²) in [4.78, 5) is 25.2. The summed E-state index contributed by atoms with van der Waals surface area (Å²) in [6, 6.07) is 11.9. The number of hydrogen-bond acceptors (Lipinski definition) is 8. The van der Waals surface area contributed by atoms with E-state index in [1.165, 1.54) is 6.92 Å². The predicted octanol–water partition coefficient (Wildman–Crippen LogP) is 3.79. The summed E-state index contributed by atoms with van der Waals surface area (Å²) in [6.45, 7) is 8.07. The number of hydrogen-bond donors (Lipinski definition) is 1. The molecule has 1 atom stereocenters. The van der Waals surface area contributed by atoms with Crippen molar-refractivity contribution in [2.24, 2.45) is 0 Å². The van der Waals surface area contributed by atoms with Crippen LogP contribution in [0.4, 0.5) is 11.6 Å². The number of fused-ring (bicyclic) bond motifs is 2. The summed E-state index contributed by atoms with van der Waals surface area (Å²) in [5.41, 5.74) is 2.80. The monoisotopic (exact) mass is 493 g/mol. The summed E-state index contributed by atoms with van der Waals surface area (Å²) < 4.78 is 6.91. The molecule has 35 heavy (non-hydrogen) atoms. The zero-order valence-electron chi connectivity index (χ0n) is 19.8. The van der Waals surface area contributed by atoms with Crippen LogP contribution in [-0.4, -0.2) is 69.8 Å². The average Bonchev–Trinajstić information content (AvgIpc) is 3.34. The highest BCUT2D eigenvalue weighted by Crippen LogP contribution is 2.33. The Bertz CT molecular complexity index is 1350. The first kappa shape index (κ1) is 23.3. The number of esters is 1. The number of aromatic nitrogens is 4. The molecule has 0 aliphatic carbocycles. The minimum Gasteiger partial charge on any atom is -0.465 e. The summed E-state index contributed by atoms with van der Waals surface area (Å²) in [5.74, 6) is 1.45. The minimum absolute atomic E-state index is 0.0588. The first-order chi connectivity index (χ1) is 17.0. The molecule has 1 N–H and O–H groups in total. The lowest BCUT2D eigenvalue weighted by Gasteiger charge is -2.37. The lowest BCUT2D eigenvalue weighted by molar-refractivity contribution is -0.141. The summed E-state index contributed by atoms with van der Waals surface area (Å²) in [6.07, 6.45) is 3.45. The van der Waals surface area contributed by atoms with Gasteiger partial charge in [0.15, 0.2) is 5.82 Å². The quantitative estimate of drug-likeness (QED) is 0.389. The number of anilines is 2. The molecule has 1 aliphatic rings. The maximum Gasteiger partial charge on any atom is 0.302 e. The van der Waals surface area contributed by atoms with Gasteiger partial charge in [-0.15, -0.1) is 0 Å². The van der Waals surface area contributed by atoms with Crippen LogP contribution >= 0.6 is 11.6 Å². The van der Waals surface area contributed by atoms with Gasteiger partial charge in [-0.25, -0.2) is 14.5 Å². The van der Waals surface area contributed by atoms with E-state index in [2.05, 4.69) is 38.2 Å². The Kier molecular flexibility index (Phi) is 6.70. The molecule has 10 heteroatoms. The number of ether oxygens (including phenoxy) is 1. The Labute approximate surface area is 208 Å². The third-order valence-electron chi connectivity index (χ3n) is 6.34. The van der Waals surface area contributed by atoms with Crippen molar-refractivity contribution >= 4 is 45.6 Å². The number of pyridine rings is 1. The highest BCUT2D eigenvalue weighted by atomic mass is 35.5. The fourth-order valence-electron chi connectivity index (χ4n) is 4.50. The van der Waals surface area contributed by atoms with Crippen LogP contribution in [0.2, 0.25) is 5.02 Å². The van der Waals surface area contributed by atoms with E-state index >= 15 is 0 Å². The van der Waals surface area contributed by atoms with Crippen molar-refractivity contribution in [1.29, 1.82) is 0 Å². The molecule has 0 unspecified atom stereocenters. The average molecular weight is 494 g/mol. The number of para-hydroxylation sites is 1. The zero-order chi connectivity index (χ0) is 24.4. The van der Waals surface area contributed by atoms with Gasteiger partial charge in [0.05, 0.1) is 16.6 Å². The Hall–Kier alpha value is -3.43. The lowest BCUT2D eigenvalue weighted by Crippen LogP contribution is -2.48. The van der Waals surface area contributed by atoms with Crippen LogP contribution in [-0.2, 0) is 9.53 Å². The van der Waals surface area contributed by atoms with Crippen molar-refractivity contribution in [3.63, 3.8) is 0 Å². The third kappa shape index (κ3) is 5.01. The van der Waals surface area contributed by atoms with Crippen molar-refractivity contribution in [3.8, 4) is 0 Å². The van der Waals surface area contributed by atoms with Gasteiger partial charge in [-0.2, -0.15) is 5.10 Å². The number of nitrogens with one attached hydrogen (secondary N) is 1. The fourth-order valence-corrected chi connectivity index (χ4v) is 4.73. The second-order valence-corrected chi connectivity index (χ2v) is 9.10. The SMILES string of the molecule is CC(=O)OCCN1CCN(c2nc3c(Cl)cccc3cc2[C@H](C)Nc2ncnn3cccc23)CC1. The molecule has 1 aliphatic heterocycles. The number of piperazine rings is 1. The van der Waals surface area contributed by atoms with E-state index in [4.69, 9.17) is 21.3 Å². The molecule has 0 radical (unpaired) electrons. The van der Waals surface area contributed by atoms with Crippen molar-refractivity contribution < 1.29 is 9.53 Å². The van der Waals surface area contributed by atoms with E-state index in [9.17, 15) is 4.79 Å². The summed E-state index contributed by atoms with van der Waals surface area (Å²) in [5, 5.41) is 9.46. The van der Waals surface area contributed by atoms with E-state index in [1.807, 2.05) is 36.5 Å². The van der Waals surface area contributed by atoms with Crippen LogP contribution < -0.4 is 10.2 Å². The van der Waals surface area contributed by atoms with Gasteiger partial charge < -0.3 is 15.0 Å². The molecule has 4 aromatic rings. The molecule has 5 rings (SSSR count). The van der Waals surface area contributed by atoms with Gasteiger partial charge in [0.2, 0.25) is 0 Å². The van der Waals surface area contributed by atoms with Gasteiger partial charge >= 0.3 is 5.97 Å².